The van der Waals surface area contributed by atoms with Gasteiger partial charge in [0.25, 0.3) is 0 Å². The molecule has 2 heterocycles. The van der Waals surface area contributed by atoms with E-state index in [2.05, 4.69) is 22.3 Å². The van der Waals surface area contributed by atoms with Gasteiger partial charge >= 0.3 is 5.91 Å². The molecule has 3 N–H and O–H groups in total. The number of carbonyl (C=O) groups is 1. The van der Waals surface area contributed by atoms with Crippen molar-refractivity contribution in [3.8, 4) is 0 Å². The minimum Gasteiger partial charge on any atom is -0.480 e. The third-order valence-corrected chi connectivity index (χ3v) is 4.72. The monoisotopic (exact) mass is 361 g/mol. The Morgan fingerprint density at radius 2 is 2.00 bits per heavy atom. The molecule has 1 unspecified atom stereocenters. The van der Waals surface area contributed by atoms with Crippen LogP contribution >= 0.6 is 0 Å². The average Bonchev–Trinajstić information content (AvgIpc) is 3.19. The van der Waals surface area contributed by atoms with Gasteiger partial charge in [-0.05, 0) is 36.7 Å². The molecule has 2 aliphatic heterocycles. The molecule has 0 spiro atoms. The first-order valence-corrected chi connectivity index (χ1v) is 9.17. The molecule has 0 aliphatic carbocycles. The van der Waals surface area contributed by atoms with Crippen molar-refractivity contribution in [1.29, 1.82) is 0 Å². The molecule has 7 nitrogen and oxygen atoms in total. The molecule has 1 atom stereocenters. The van der Waals surface area contributed by atoms with Gasteiger partial charge in [0.1, 0.15) is 6.10 Å². The molecular formula is C19H27N3O4. The molecule has 0 saturated carbocycles. The number of morpholine rings is 1. The Morgan fingerprint density at radius 1 is 1.23 bits per heavy atom. The normalized spacial score (nSPS) is 20.5. The highest BCUT2D eigenvalue weighted by molar-refractivity contribution is 5.90. The van der Waals surface area contributed by atoms with Crippen LogP contribution in [0, 0.1) is 0 Å². The van der Waals surface area contributed by atoms with Crippen LogP contribution in [0.4, 0.5) is 0 Å². The summed E-state index contributed by atoms with van der Waals surface area (Å²) in [4.78, 5) is 13.8. The molecule has 1 fully saturated rings. The van der Waals surface area contributed by atoms with Crippen molar-refractivity contribution >= 4 is 5.91 Å². The second kappa shape index (κ2) is 9.68. The predicted octanol–water partition coefficient (Wildman–Crippen LogP) is 1.35. The van der Waals surface area contributed by atoms with E-state index in [0.29, 0.717) is 6.42 Å². The Hall–Kier alpha value is -1.93. The Labute approximate surface area is 153 Å². The summed E-state index contributed by atoms with van der Waals surface area (Å²) in [5, 5.41) is 12.1. The zero-order valence-corrected chi connectivity index (χ0v) is 14.9. The third kappa shape index (κ3) is 5.28. The number of amides is 1. The molecule has 1 aromatic carbocycles. The first-order chi connectivity index (χ1) is 12.8. The summed E-state index contributed by atoms with van der Waals surface area (Å²) in [6, 6.07) is 8.22. The van der Waals surface area contributed by atoms with Crippen LogP contribution in [0.5, 0.6) is 0 Å². The lowest BCUT2D eigenvalue weighted by molar-refractivity contribution is -0.129. The fourth-order valence-electron chi connectivity index (χ4n) is 3.20. The van der Waals surface area contributed by atoms with Crippen LogP contribution in [-0.2, 0) is 20.8 Å². The quantitative estimate of drug-likeness (QED) is 0.368. The van der Waals surface area contributed by atoms with Gasteiger partial charge in [0.2, 0.25) is 0 Å². The van der Waals surface area contributed by atoms with E-state index in [4.69, 9.17) is 14.7 Å². The van der Waals surface area contributed by atoms with E-state index in [-0.39, 0.29) is 11.9 Å². The maximum absolute atomic E-state index is 11.3. The van der Waals surface area contributed by atoms with Gasteiger partial charge in [-0.2, -0.15) is 0 Å². The molecule has 0 radical (unpaired) electrons. The van der Waals surface area contributed by atoms with Crippen molar-refractivity contribution in [1.82, 2.24) is 15.7 Å². The van der Waals surface area contributed by atoms with Crippen LogP contribution in [0.1, 0.15) is 30.1 Å². The van der Waals surface area contributed by atoms with E-state index in [9.17, 15) is 4.79 Å². The van der Waals surface area contributed by atoms with Gasteiger partial charge in [0.05, 0.1) is 13.2 Å². The van der Waals surface area contributed by atoms with Crippen LogP contribution in [0.2, 0.25) is 0 Å². The fourth-order valence-corrected chi connectivity index (χ4v) is 3.20. The molecule has 3 rings (SSSR count). The molecular weight excluding hydrogens is 334 g/mol. The van der Waals surface area contributed by atoms with Crippen molar-refractivity contribution in [2.75, 3.05) is 39.4 Å². The Bertz CT molecular complexity index is 612. The number of ether oxygens (including phenoxy) is 2. The van der Waals surface area contributed by atoms with Crippen LogP contribution < -0.4 is 10.8 Å². The van der Waals surface area contributed by atoms with E-state index in [1.165, 1.54) is 5.56 Å². The highest BCUT2D eigenvalue weighted by Crippen LogP contribution is 2.30. The second-order valence-electron chi connectivity index (χ2n) is 6.58. The van der Waals surface area contributed by atoms with E-state index in [1.807, 2.05) is 12.1 Å². The minimum atomic E-state index is -0.606. The summed E-state index contributed by atoms with van der Waals surface area (Å²) in [5.41, 5.74) is 3.84. The topological polar surface area (TPSA) is 83.1 Å². The van der Waals surface area contributed by atoms with E-state index in [0.717, 1.165) is 57.9 Å². The summed E-state index contributed by atoms with van der Waals surface area (Å²) < 4.78 is 10.9. The van der Waals surface area contributed by atoms with Gasteiger partial charge in [-0.1, -0.05) is 24.3 Å². The number of hydrogen-bond acceptors (Lipinski definition) is 6. The first-order valence-electron chi connectivity index (χ1n) is 9.17. The van der Waals surface area contributed by atoms with Crippen LogP contribution in [0.15, 0.2) is 36.1 Å². The van der Waals surface area contributed by atoms with Crippen molar-refractivity contribution in [3.63, 3.8) is 0 Å². The van der Waals surface area contributed by atoms with E-state index in [1.54, 1.807) is 11.6 Å². The van der Waals surface area contributed by atoms with Crippen molar-refractivity contribution < 1.29 is 19.5 Å². The Morgan fingerprint density at radius 3 is 2.73 bits per heavy atom. The summed E-state index contributed by atoms with van der Waals surface area (Å²) in [6.07, 6.45) is 3.29. The third-order valence-electron chi connectivity index (χ3n) is 4.72. The summed E-state index contributed by atoms with van der Waals surface area (Å²) in [6.45, 7) is 6.74. The van der Waals surface area contributed by atoms with Gasteiger partial charge < -0.3 is 14.8 Å². The lowest BCUT2D eigenvalue weighted by Gasteiger charge is -2.26. The molecule has 26 heavy (non-hydrogen) atoms. The molecule has 2 aliphatic rings. The fraction of sp³-hybridized carbons (Fsp3) is 0.526. The SMILES string of the molecule is O=C(NO)C1=CCC(c2ccc(CNCCCN3CCOCC3)cc2)O1. The van der Waals surface area contributed by atoms with Crippen LogP contribution in [-0.4, -0.2) is 55.4 Å². The largest absolute Gasteiger partial charge is 0.480 e. The first kappa shape index (κ1) is 18.8. The molecule has 0 aromatic heterocycles. The van der Waals surface area contributed by atoms with Crippen molar-refractivity contribution in [3.05, 3.63) is 47.2 Å². The maximum atomic E-state index is 11.3. The zero-order valence-electron chi connectivity index (χ0n) is 14.9. The number of nitrogens with one attached hydrogen (secondary N) is 2. The predicted molar refractivity (Wildman–Crippen MR) is 96.5 cm³/mol. The Kier molecular flexibility index (Phi) is 7.02. The number of benzene rings is 1. The lowest BCUT2D eigenvalue weighted by Crippen LogP contribution is -2.37. The highest BCUT2D eigenvalue weighted by atomic mass is 16.5. The van der Waals surface area contributed by atoms with Crippen molar-refractivity contribution in [2.45, 2.75) is 25.5 Å². The lowest BCUT2D eigenvalue weighted by atomic mass is 10.1. The van der Waals surface area contributed by atoms with Crippen LogP contribution in [0.3, 0.4) is 0 Å². The van der Waals surface area contributed by atoms with E-state index < -0.39 is 5.91 Å². The summed E-state index contributed by atoms with van der Waals surface area (Å²) in [5.74, 6) is -0.436. The summed E-state index contributed by atoms with van der Waals surface area (Å²) in [7, 11) is 0. The average molecular weight is 361 g/mol. The molecule has 1 aromatic rings. The van der Waals surface area contributed by atoms with Gasteiger partial charge in [-0.25, -0.2) is 5.48 Å². The smallest absolute Gasteiger partial charge is 0.309 e. The maximum Gasteiger partial charge on any atom is 0.309 e. The standard InChI is InChI=1S/C19H27N3O4/c23-19(21-24)18-7-6-17(26-18)16-4-2-15(3-5-16)14-20-8-1-9-22-10-12-25-13-11-22/h2-5,7,17,20,24H,1,6,8-14H2,(H,21,23). The number of carbonyl (C=O) groups excluding carboxylic acids is 1. The van der Waals surface area contributed by atoms with Gasteiger partial charge in [-0.15, -0.1) is 0 Å². The van der Waals surface area contributed by atoms with Gasteiger partial charge in [0.15, 0.2) is 5.76 Å². The van der Waals surface area contributed by atoms with Gasteiger partial charge in [0, 0.05) is 26.1 Å². The second-order valence-corrected chi connectivity index (χ2v) is 6.58. The summed E-state index contributed by atoms with van der Waals surface area (Å²) >= 11 is 0. The Balaban J connectivity index is 1.35. The molecule has 1 amide bonds. The molecule has 1 saturated heterocycles. The molecule has 0 bridgehead atoms. The highest BCUT2D eigenvalue weighted by Gasteiger charge is 2.24. The molecule has 7 heteroatoms. The van der Waals surface area contributed by atoms with Crippen LogP contribution in [0.25, 0.3) is 0 Å². The number of rotatable bonds is 8. The van der Waals surface area contributed by atoms with Crippen molar-refractivity contribution in [2.24, 2.45) is 0 Å². The number of hydrogen-bond donors (Lipinski definition) is 3. The number of nitrogens with zero attached hydrogens (tertiary/aromatic N) is 1. The minimum absolute atomic E-state index is 0.169. The number of hydroxylamine groups is 1. The molecule has 142 valence electrons. The van der Waals surface area contributed by atoms with Gasteiger partial charge in [-0.3, -0.25) is 14.9 Å². The van der Waals surface area contributed by atoms with E-state index >= 15 is 0 Å². The zero-order chi connectivity index (χ0) is 18.2.